The topological polar surface area (TPSA) is 53.9 Å². The van der Waals surface area contributed by atoms with E-state index in [4.69, 9.17) is 0 Å². The Morgan fingerprint density at radius 1 is 1.29 bits per heavy atom. The lowest BCUT2D eigenvalue weighted by atomic mass is 10.4. The van der Waals surface area contributed by atoms with Gasteiger partial charge in [-0.05, 0) is 42.5 Å². The predicted octanol–water partition coefficient (Wildman–Crippen LogP) is 3.51. The molecule has 0 atom stereocenters. The van der Waals surface area contributed by atoms with Crippen molar-refractivity contribution in [3.63, 3.8) is 0 Å². The lowest BCUT2D eigenvalue weighted by Gasteiger charge is -2.16. The van der Waals surface area contributed by atoms with Gasteiger partial charge >= 0.3 is 0 Å². The van der Waals surface area contributed by atoms with Crippen molar-refractivity contribution in [3.8, 4) is 0 Å². The van der Waals surface area contributed by atoms with E-state index >= 15 is 0 Å². The van der Waals surface area contributed by atoms with Crippen molar-refractivity contribution >= 4 is 35.0 Å². The van der Waals surface area contributed by atoms with Gasteiger partial charge < -0.3 is 10.2 Å². The molecule has 0 saturated carbocycles. The third-order valence-electron chi connectivity index (χ3n) is 3.21. The number of thiophene rings is 1. The van der Waals surface area contributed by atoms with Gasteiger partial charge in [-0.15, -0.1) is 11.3 Å². The lowest BCUT2D eigenvalue weighted by molar-refractivity contribution is 0.820. The van der Waals surface area contributed by atoms with E-state index in [2.05, 4.69) is 43.5 Å². The van der Waals surface area contributed by atoms with Crippen LogP contribution in [-0.4, -0.2) is 34.6 Å². The Balaban J connectivity index is 1.84. The van der Waals surface area contributed by atoms with E-state index in [1.165, 1.54) is 17.1 Å². The number of nitrogens with one attached hydrogen (secondary N) is 1. The number of aromatic nitrogens is 3. The van der Waals surface area contributed by atoms with Gasteiger partial charge in [-0.3, -0.25) is 0 Å². The lowest BCUT2D eigenvalue weighted by Crippen LogP contribution is -2.22. The molecule has 1 aliphatic heterocycles. The second kappa shape index (κ2) is 7.09. The molecule has 1 N–H and O–H groups in total. The van der Waals surface area contributed by atoms with Crippen LogP contribution in [0.15, 0.2) is 26.9 Å². The Kier molecular flexibility index (Phi) is 4.92. The number of hydrogen-bond acceptors (Lipinski definition) is 7. The first-order valence-electron chi connectivity index (χ1n) is 7.31. The fourth-order valence-electron chi connectivity index (χ4n) is 2.18. The second-order valence-electron chi connectivity index (χ2n) is 4.90. The monoisotopic (exact) mass is 321 g/mol. The van der Waals surface area contributed by atoms with Crippen molar-refractivity contribution in [1.82, 2.24) is 15.0 Å². The Morgan fingerprint density at radius 3 is 2.86 bits per heavy atom. The molecule has 0 unspecified atom stereocenters. The first-order chi connectivity index (χ1) is 10.3. The molecule has 1 aliphatic rings. The van der Waals surface area contributed by atoms with Gasteiger partial charge in [0.1, 0.15) is 0 Å². The van der Waals surface area contributed by atoms with Crippen LogP contribution in [0.5, 0.6) is 0 Å². The maximum Gasteiger partial charge on any atom is 0.231 e. The average molecular weight is 321 g/mol. The van der Waals surface area contributed by atoms with Crippen molar-refractivity contribution in [2.75, 3.05) is 29.9 Å². The van der Waals surface area contributed by atoms with Crippen LogP contribution in [0.25, 0.3) is 0 Å². The maximum atomic E-state index is 4.63. The van der Waals surface area contributed by atoms with E-state index in [-0.39, 0.29) is 0 Å². The van der Waals surface area contributed by atoms with Crippen LogP contribution in [-0.2, 0) is 0 Å². The molecule has 3 heterocycles. The van der Waals surface area contributed by atoms with E-state index in [9.17, 15) is 0 Å². The Bertz CT molecular complexity index is 567. The standard InChI is InChI=1S/C14H19N5S2/c1-2-7-15-12-16-13(19-8-3-4-9-19)18-14(17-12)21-11-6-5-10-20-11/h5-6,10H,2-4,7-9H2,1H3,(H,15,16,17,18). The molecule has 2 aromatic rings. The first-order valence-corrected chi connectivity index (χ1v) is 9.01. The third kappa shape index (κ3) is 3.85. The molecule has 7 heteroatoms. The fraction of sp³-hybridized carbons (Fsp3) is 0.500. The summed E-state index contributed by atoms with van der Waals surface area (Å²) in [4.78, 5) is 16.0. The van der Waals surface area contributed by atoms with Crippen LogP contribution in [0.2, 0.25) is 0 Å². The van der Waals surface area contributed by atoms with Crippen molar-refractivity contribution in [2.45, 2.75) is 35.6 Å². The molecule has 112 valence electrons. The minimum absolute atomic E-state index is 0.688. The number of nitrogens with zero attached hydrogens (tertiary/aromatic N) is 4. The zero-order valence-corrected chi connectivity index (χ0v) is 13.7. The van der Waals surface area contributed by atoms with E-state index in [1.54, 1.807) is 23.1 Å². The molecule has 5 nitrogen and oxygen atoms in total. The van der Waals surface area contributed by atoms with Crippen LogP contribution >= 0.6 is 23.1 Å². The molecule has 21 heavy (non-hydrogen) atoms. The van der Waals surface area contributed by atoms with E-state index in [0.717, 1.165) is 37.2 Å². The van der Waals surface area contributed by atoms with E-state index in [1.807, 2.05) is 6.07 Å². The number of rotatable bonds is 6. The third-order valence-corrected chi connectivity index (χ3v) is 5.11. The van der Waals surface area contributed by atoms with Crippen LogP contribution < -0.4 is 10.2 Å². The molecule has 1 fully saturated rings. The van der Waals surface area contributed by atoms with Crippen LogP contribution in [0, 0.1) is 0 Å². The summed E-state index contributed by atoms with van der Waals surface area (Å²) in [5.74, 6) is 1.49. The largest absolute Gasteiger partial charge is 0.354 e. The molecule has 0 amide bonds. The summed E-state index contributed by atoms with van der Waals surface area (Å²) in [6.45, 7) is 5.10. The molecular formula is C14H19N5S2. The molecule has 3 rings (SSSR count). The van der Waals surface area contributed by atoms with Gasteiger partial charge in [0, 0.05) is 19.6 Å². The zero-order valence-electron chi connectivity index (χ0n) is 12.1. The molecule has 0 radical (unpaired) electrons. The molecule has 0 bridgehead atoms. The highest BCUT2D eigenvalue weighted by atomic mass is 32.2. The van der Waals surface area contributed by atoms with Gasteiger partial charge in [-0.2, -0.15) is 15.0 Å². The number of hydrogen-bond donors (Lipinski definition) is 1. The van der Waals surface area contributed by atoms with Gasteiger partial charge in [0.2, 0.25) is 11.9 Å². The SMILES string of the molecule is CCCNc1nc(Sc2cccs2)nc(N2CCCC2)n1. The number of anilines is 2. The van der Waals surface area contributed by atoms with Crippen molar-refractivity contribution in [2.24, 2.45) is 0 Å². The van der Waals surface area contributed by atoms with E-state index in [0.29, 0.717) is 5.95 Å². The highest BCUT2D eigenvalue weighted by Crippen LogP contribution is 2.30. The second-order valence-corrected chi connectivity index (χ2v) is 7.11. The zero-order chi connectivity index (χ0) is 14.5. The summed E-state index contributed by atoms with van der Waals surface area (Å²) in [6, 6.07) is 4.14. The average Bonchev–Trinajstić information content (AvgIpc) is 3.18. The summed E-state index contributed by atoms with van der Waals surface area (Å²) in [6.07, 6.45) is 3.49. The molecule has 0 aliphatic carbocycles. The highest BCUT2D eigenvalue weighted by molar-refractivity contribution is 8.01. The first kappa shape index (κ1) is 14.6. The normalized spacial score (nSPS) is 14.6. The van der Waals surface area contributed by atoms with Gasteiger partial charge in [0.25, 0.3) is 0 Å². The molecular weight excluding hydrogens is 302 g/mol. The van der Waals surface area contributed by atoms with Crippen LogP contribution in [0.4, 0.5) is 11.9 Å². The molecule has 1 saturated heterocycles. The Hall–Kier alpha value is -1.34. The van der Waals surface area contributed by atoms with Crippen LogP contribution in [0.1, 0.15) is 26.2 Å². The molecule has 2 aromatic heterocycles. The van der Waals surface area contributed by atoms with Gasteiger partial charge in [0.15, 0.2) is 5.16 Å². The summed E-state index contributed by atoms with van der Waals surface area (Å²) < 4.78 is 1.20. The highest BCUT2D eigenvalue weighted by Gasteiger charge is 2.17. The quantitative estimate of drug-likeness (QED) is 0.879. The van der Waals surface area contributed by atoms with E-state index < -0.39 is 0 Å². The van der Waals surface area contributed by atoms with Crippen molar-refractivity contribution in [1.29, 1.82) is 0 Å². The van der Waals surface area contributed by atoms with Crippen molar-refractivity contribution in [3.05, 3.63) is 17.5 Å². The van der Waals surface area contributed by atoms with Gasteiger partial charge in [-0.25, -0.2) is 0 Å². The van der Waals surface area contributed by atoms with Crippen LogP contribution in [0.3, 0.4) is 0 Å². The molecule has 0 spiro atoms. The summed E-state index contributed by atoms with van der Waals surface area (Å²) in [7, 11) is 0. The maximum absolute atomic E-state index is 4.63. The Morgan fingerprint density at radius 2 is 2.14 bits per heavy atom. The van der Waals surface area contributed by atoms with Gasteiger partial charge in [0.05, 0.1) is 4.21 Å². The summed E-state index contributed by atoms with van der Waals surface area (Å²) in [5, 5.41) is 6.12. The Labute approximate surface area is 133 Å². The summed E-state index contributed by atoms with van der Waals surface area (Å²) in [5.41, 5.74) is 0. The molecule has 0 aromatic carbocycles. The fourth-order valence-corrected chi connectivity index (χ4v) is 3.79. The minimum Gasteiger partial charge on any atom is -0.354 e. The van der Waals surface area contributed by atoms with Crippen molar-refractivity contribution < 1.29 is 0 Å². The predicted molar refractivity (Wildman–Crippen MR) is 88.5 cm³/mol. The summed E-state index contributed by atoms with van der Waals surface area (Å²) >= 11 is 3.31. The smallest absolute Gasteiger partial charge is 0.231 e. The minimum atomic E-state index is 0.688. The van der Waals surface area contributed by atoms with Gasteiger partial charge in [-0.1, -0.05) is 13.0 Å².